The first kappa shape index (κ1) is 20.3. The van der Waals surface area contributed by atoms with Gasteiger partial charge in [0.1, 0.15) is 16.2 Å². The van der Waals surface area contributed by atoms with Crippen molar-refractivity contribution in [3.8, 4) is 0 Å². The molecule has 0 spiro atoms. The van der Waals surface area contributed by atoms with Crippen LogP contribution in [0, 0.1) is 5.92 Å². The fraction of sp³-hybridized carbons (Fsp3) is 0.304. The van der Waals surface area contributed by atoms with E-state index in [-0.39, 0.29) is 11.2 Å². The van der Waals surface area contributed by atoms with Crippen molar-refractivity contribution in [1.29, 1.82) is 0 Å². The van der Waals surface area contributed by atoms with Crippen LogP contribution >= 0.6 is 11.8 Å². The second-order valence-corrected chi connectivity index (χ2v) is 8.84. The largest absolute Gasteiger partial charge is 0.332 e. The van der Waals surface area contributed by atoms with Gasteiger partial charge in [0.25, 0.3) is 5.56 Å². The molecule has 0 bridgehead atoms. The van der Waals surface area contributed by atoms with Crippen LogP contribution in [-0.4, -0.2) is 19.1 Å². The van der Waals surface area contributed by atoms with Crippen molar-refractivity contribution in [2.75, 3.05) is 0 Å². The third-order valence-corrected chi connectivity index (χ3v) is 6.17. The molecule has 0 aliphatic heterocycles. The number of rotatable bonds is 5. The molecule has 2 heterocycles. The van der Waals surface area contributed by atoms with E-state index in [1.807, 2.05) is 18.2 Å². The zero-order chi connectivity index (χ0) is 21.4. The predicted octanol–water partition coefficient (Wildman–Crippen LogP) is 3.67. The molecule has 154 valence electrons. The normalized spacial score (nSPS) is 11.6. The first-order chi connectivity index (χ1) is 14.4. The summed E-state index contributed by atoms with van der Waals surface area (Å²) in [6.07, 6.45) is 0.682. The van der Waals surface area contributed by atoms with Gasteiger partial charge in [0.05, 0.1) is 0 Å². The van der Waals surface area contributed by atoms with Crippen molar-refractivity contribution < 1.29 is 0 Å². The summed E-state index contributed by atoms with van der Waals surface area (Å²) < 4.78 is 2.56. The lowest BCUT2D eigenvalue weighted by Crippen LogP contribution is -2.37. The standard InChI is InChI=1S/C23H24N4O2S/c1-14(2)12-18-24-20-19(22(28)27(4)23(29)26(20)3)21(25-18)30-13-16-10-7-9-15-8-5-6-11-17(15)16/h5-11,14H,12-13H2,1-4H3. The fourth-order valence-electron chi connectivity index (χ4n) is 3.60. The van der Waals surface area contributed by atoms with Crippen LogP contribution < -0.4 is 11.2 Å². The Morgan fingerprint density at radius 3 is 2.47 bits per heavy atom. The summed E-state index contributed by atoms with van der Waals surface area (Å²) in [5, 5.41) is 3.40. The Hall–Kier alpha value is -2.93. The van der Waals surface area contributed by atoms with E-state index in [1.165, 1.54) is 39.7 Å². The smallest absolute Gasteiger partial charge is 0.280 e. The van der Waals surface area contributed by atoms with Crippen LogP contribution in [0.1, 0.15) is 25.2 Å². The van der Waals surface area contributed by atoms with E-state index in [1.54, 1.807) is 7.05 Å². The molecule has 0 fully saturated rings. The average Bonchev–Trinajstić information content (AvgIpc) is 2.74. The molecule has 0 aliphatic carbocycles. The van der Waals surface area contributed by atoms with Gasteiger partial charge in [-0.1, -0.05) is 56.3 Å². The molecule has 4 aromatic rings. The molecular formula is C23H24N4O2S. The van der Waals surface area contributed by atoms with E-state index in [2.05, 4.69) is 43.1 Å². The van der Waals surface area contributed by atoms with Crippen LogP contribution in [0.5, 0.6) is 0 Å². The van der Waals surface area contributed by atoms with Gasteiger partial charge >= 0.3 is 5.69 Å². The molecule has 4 rings (SSSR count). The Morgan fingerprint density at radius 1 is 0.967 bits per heavy atom. The Bertz CT molecular complexity index is 1370. The molecule has 0 saturated heterocycles. The number of hydrogen-bond donors (Lipinski definition) is 0. The van der Waals surface area contributed by atoms with E-state index < -0.39 is 0 Å². The van der Waals surface area contributed by atoms with Gasteiger partial charge in [-0.05, 0) is 22.3 Å². The molecule has 0 unspecified atom stereocenters. The number of aryl methyl sites for hydroxylation is 1. The lowest BCUT2D eigenvalue weighted by atomic mass is 10.1. The zero-order valence-corrected chi connectivity index (χ0v) is 18.4. The number of fused-ring (bicyclic) bond motifs is 2. The Morgan fingerprint density at radius 2 is 1.70 bits per heavy atom. The number of benzene rings is 2. The summed E-state index contributed by atoms with van der Waals surface area (Å²) in [6.45, 7) is 4.19. The first-order valence-corrected chi connectivity index (χ1v) is 10.9. The molecule has 0 radical (unpaired) electrons. The van der Waals surface area contributed by atoms with Gasteiger partial charge in [0.15, 0.2) is 5.65 Å². The fourth-order valence-corrected chi connectivity index (χ4v) is 4.63. The lowest BCUT2D eigenvalue weighted by Gasteiger charge is -2.13. The van der Waals surface area contributed by atoms with E-state index in [0.717, 1.165) is 4.57 Å². The van der Waals surface area contributed by atoms with Crippen LogP contribution in [0.3, 0.4) is 0 Å². The molecule has 30 heavy (non-hydrogen) atoms. The molecule has 0 N–H and O–H groups in total. The minimum absolute atomic E-state index is 0.357. The van der Waals surface area contributed by atoms with Crippen molar-refractivity contribution in [3.05, 3.63) is 74.7 Å². The highest BCUT2D eigenvalue weighted by molar-refractivity contribution is 7.98. The Balaban J connectivity index is 1.86. The van der Waals surface area contributed by atoms with E-state index >= 15 is 0 Å². The SMILES string of the molecule is CC(C)Cc1nc(SCc2cccc3ccccc23)c2c(=O)n(C)c(=O)n(C)c2n1. The van der Waals surface area contributed by atoms with Crippen molar-refractivity contribution >= 4 is 33.6 Å². The highest BCUT2D eigenvalue weighted by Crippen LogP contribution is 2.29. The van der Waals surface area contributed by atoms with Crippen molar-refractivity contribution in [1.82, 2.24) is 19.1 Å². The molecular weight excluding hydrogens is 396 g/mol. The number of aromatic nitrogens is 4. The quantitative estimate of drug-likeness (QED) is 0.364. The maximum absolute atomic E-state index is 12.9. The highest BCUT2D eigenvalue weighted by atomic mass is 32.2. The molecule has 0 aliphatic rings. The second kappa shape index (κ2) is 8.07. The third kappa shape index (κ3) is 3.65. The molecule has 7 heteroatoms. The van der Waals surface area contributed by atoms with Gasteiger partial charge in [0, 0.05) is 26.3 Å². The van der Waals surface area contributed by atoms with Gasteiger partial charge in [-0.3, -0.25) is 13.9 Å². The van der Waals surface area contributed by atoms with Crippen molar-refractivity contribution in [2.24, 2.45) is 20.0 Å². The maximum atomic E-state index is 12.9. The molecule has 0 atom stereocenters. The summed E-state index contributed by atoms with van der Waals surface area (Å²) in [7, 11) is 3.14. The van der Waals surface area contributed by atoms with Gasteiger partial charge in [-0.15, -0.1) is 11.8 Å². The molecule has 6 nitrogen and oxygen atoms in total. The van der Waals surface area contributed by atoms with E-state index in [9.17, 15) is 9.59 Å². The summed E-state index contributed by atoms with van der Waals surface area (Å²) in [4.78, 5) is 34.7. The minimum Gasteiger partial charge on any atom is -0.280 e. The topological polar surface area (TPSA) is 69.8 Å². The summed E-state index contributed by atoms with van der Waals surface area (Å²) in [6, 6.07) is 14.5. The predicted molar refractivity (Wildman–Crippen MR) is 122 cm³/mol. The van der Waals surface area contributed by atoms with Crippen molar-refractivity contribution in [2.45, 2.75) is 31.0 Å². The molecule has 0 amide bonds. The van der Waals surface area contributed by atoms with Crippen molar-refractivity contribution in [3.63, 3.8) is 0 Å². The lowest BCUT2D eigenvalue weighted by molar-refractivity contribution is 0.613. The average molecular weight is 421 g/mol. The second-order valence-electron chi connectivity index (χ2n) is 7.87. The Labute approximate surface area is 178 Å². The minimum atomic E-state index is -0.383. The number of thioether (sulfide) groups is 1. The van der Waals surface area contributed by atoms with Gasteiger partial charge in [-0.25, -0.2) is 14.8 Å². The first-order valence-electron chi connectivity index (χ1n) is 9.93. The van der Waals surface area contributed by atoms with E-state index in [0.29, 0.717) is 40.0 Å². The summed E-state index contributed by atoms with van der Waals surface area (Å²) in [5.74, 6) is 1.68. The molecule has 2 aromatic heterocycles. The number of nitrogens with zero attached hydrogens (tertiary/aromatic N) is 4. The monoisotopic (exact) mass is 420 g/mol. The van der Waals surface area contributed by atoms with Crippen LogP contribution in [0.2, 0.25) is 0 Å². The molecule has 0 saturated carbocycles. The molecule has 2 aromatic carbocycles. The summed E-state index contributed by atoms with van der Waals surface area (Å²) >= 11 is 1.52. The van der Waals surface area contributed by atoms with Gasteiger partial charge in [-0.2, -0.15) is 0 Å². The van der Waals surface area contributed by atoms with E-state index in [4.69, 9.17) is 4.98 Å². The van der Waals surface area contributed by atoms with Gasteiger partial charge in [0.2, 0.25) is 0 Å². The maximum Gasteiger partial charge on any atom is 0.332 e. The van der Waals surface area contributed by atoms with Crippen LogP contribution in [0.15, 0.2) is 57.1 Å². The Kier molecular flexibility index (Phi) is 5.47. The van der Waals surface area contributed by atoms with Crippen LogP contribution in [0.4, 0.5) is 0 Å². The number of hydrogen-bond acceptors (Lipinski definition) is 5. The van der Waals surface area contributed by atoms with Crippen LogP contribution in [0.25, 0.3) is 21.8 Å². The summed E-state index contributed by atoms with van der Waals surface area (Å²) in [5.41, 5.74) is 0.836. The zero-order valence-electron chi connectivity index (χ0n) is 17.5. The highest BCUT2D eigenvalue weighted by Gasteiger charge is 2.18. The van der Waals surface area contributed by atoms with Gasteiger partial charge < -0.3 is 0 Å². The third-order valence-electron chi connectivity index (χ3n) is 5.15. The van der Waals surface area contributed by atoms with Crippen LogP contribution in [-0.2, 0) is 26.3 Å².